The number of H-pyrrole nitrogens is 1. The van der Waals surface area contributed by atoms with Gasteiger partial charge in [-0.1, -0.05) is 22.0 Å². The fraction of sp³-hybridized carbons (Fsp3) is 0.235. The van der Waals surface area contributed by atoms with Crippen LogP contribution in [-0.2, 0) is 4.74 Å². The SMILES string of the molecule is CCOC(=O)c1c(C)[nH]c(C(=O)NNC(=O)c2cccc(Br)c2)c1C. The first-order valence-electron chi connectivity index (χ1n) is 7.57. The van der Waals surface area contributed by atoms with Gasteiger partial charge in [-0.05, 0) is 44.5 Å². The summed E-state index contributed by atoms with van der Waals surface area (Å²) in [5.74, 6) is -1.51. The van der Waals surface area contributed by atoms with Gasteiger partial charge in [0.25, 0.3) is 11.8 Å². The lowest BCUT2D eigenvalue weighted by atomic mass is 10.1. The van der Waals surface area contributed by atoms with E-state index in [4.69, 9.17) is 4.74 Å². The fourth-order valence-corrected chi connectivity index (χ4v) is 2.76. The van der Waals surface area contributed by atoms with Gasteiger partial charge < -0.3 is 9.72 Å². The summed E-state index contributed by atoms with van der Waals surface area (Å²) in [7, 11) is 0. The van der Waals surface area contributed by atoms with Crippen molar-refractivity contribution < 1.29 is 19.1 Å². The minimum Gasteiger partial charge on any atom is -0.462 e. The summed E-state index contributed by atoms with van der Waals surface area (Å²) in [5.41, 5.74) is 6.57. The van der Waals surface area contributed by atoms with Crippen LogP contribution >= 0.6 is 15.9 Å². The molecule has 3 N–H and O–H groups in total. The fourth-order valence-electron chi connectivity index (χ4n) is 2.36. The van der Waals surface area contributed by atoms with E-state index in [2.05, 4.69) is 31.8 Å². The molecule has 0 unspecified atom stereocenters. The van der Waals surface area contributed by atoms with Crippen LogP contribution in [0.25, 0.3) is 0 Å². The van der Waals surface area contributed by atoms with Crippen molar-refractivity contribution in [1.29, 1.82) is 0 Å². The number of halogens is 1. The molecule has 0 spiro atoms. The lowest BCUT2D eigenvalue weighted by Gasteiger charge is -2.07. The molecule has 0 saturated heterocycles. The molecule has 8 heteroatoms. The molecule has 1 heterocycles. The number of esters is 1. The van der Waals surface area contributed by atoms with E-state index >= 15 is 0 Å². The van der Waals surface area contributed by atoms with Gasteiger partial charge in [0, 0.05) is 15.7 Å². The minimum absolute atomic E-state index is 0.190. The van der Waals surface area contributed by atoms with Gasteiger partial charge in [-0.25, -0.2) is 4.79 Å². The topological polar surface area (TPSA) is 100 Å². The number of aromatic amines is 1. The third-order valence-corrected chi connectivity index (χ3v) is 4.01. The Kier molecular flexibility index (Phi) is 5.97. The maximum Gasteiger partial charge on any atom is 0.340 e. The third-order valence-electron chi connectivity index (χ3n) is 3.52. The lowest BCUT2D eigenvalue weighted by Crippen LogP contribution is -2.42. The molecule has 0 aliphatic carbocycles. The molecule has 1 aromatic carbocycles. The number of carbonyl (C=O) groups excluding carboxylic acids is 3. The van der Waals surface area contributed by atoms with Crippen molar-refractivity contribution in [3.05, 3.63) is 56.8 Å². The summed E-state index contributed by atoms with van der Waals surface area (Å²) in [6, 6.07) is 6.75. The highest BCUT2D eigenvalue weighted by molar-refractivity contribution is 9.10. The number of rotatable bonds is 4. The second-order valence-electron chi connectivity index (χ2n) is 5.26. The molecule has 0 aliphatic heterocycles. The molecule has 0 bridgehead atoms. The number of nitrogens with one attached hydrogen (secondary N) is 3. The first kappa shape index (κ1) is 18.7. The van der Waals surface area contributed by atoms with Crippen molar-refractivity contribution in [3.63, 3.8) is 0 Å². The number of benzene rings is 1. The van der Waals surface area contributed by atoms with E-state index in [0.717, 1.165) is 4.47 Å². The second kappa shape index (κ2) is 7.98. The van der Waals surface area contributed by atoms with Crippen LogP contribution in [0, 0.1) is 13.8 Å². The average Bonchev–Trinajstić information content (AvgIpc) is 2.87. The Hall–Kier alpha value is -2.61. The summed E-state index contributed by atoms with van der Waals surface area (Å²) >= 11 is 3.28. The highest BCUT2D eigenvalue weighted by Crippen LogP contribution is 2.19. The lowest BCUT2D eigenvalue weighted by molar-refractivity contribution is 0.0524. The van der Waals surface area contributed by atoms with E-state index < -0.39 is 17.8 Å². The van der Waals surface area contributed by atoms with Crippen molar-refractivity contribution in [1.82, 2.24) is 15.8 Å². The Morgan fingerprint density at radius 2 is 1.84 bits per heavy atom. The Bertz CT molecular complexity index is 829. The van der Waals surface area contributed by atoms with Crippen LogP contribution in [0.4, 0.5) is 0 Å². The maximum atomic E-state index is 12.3. The van der Waals surface area contributed by atoms with E-state index in [1.165, 1.54) is 0 Å². The zero-order valence-corrected chi connectivity index (χ0v) is 15.6. The van der Waals surface area contributed by atoms with Crippen LogP contribution in [0.15, 0.2) is 28.7 Å². The molecular formula is C17H18BrN3O4. The van der Waals surface area contributed by atoms with E-state index in [1.807, 2.05) is 0 Å². The average molecular weight is 408 g/mol. The Balaban J connectivity index is 2.10. The predicted octanol–water partition coefficient (Wildman–Crippen LogP) is 2.65. The monoisotopic (exact) mass is 407 g/mol. The van der Waals surface area contributed by atoms with Gasteiger partial charge in [0.05, 0.1) is 12.2 Å². The molecule has 132 valence electrons. The molecule has 25 heavy (non-hydrogen) atoms. The summed E-state index contributed by atoms with van der Waals surface area (Å²) < 4.78 is 5.74. The molecule has 0 fully saturated rings. The van der Waals surface area contributed by atoms with Crippen LogP contribution < -0.4 is 10.9 Å². The number of amides is 2. The van der Waals surface area contributed by atoms with Crippen LogP contribution in [0.5, 0.6) is 0 Å². The normalized spacial score (nSPS) is 10.2. The van der Waals surface area contributed by atoms with Gasteiger partial charge in [-0.2, -0.15) is 0 Å². The molecule has 0 atom stereocenters. The molecule has 2 amide bonds. The standard InChI is InChI=1S/C17H18BrN3O4/c1-4-25-17(24)13-9(2)14(19-10(13)3)16(23)21-20-15(22)11-6-5-7-12(18)8-11/h5-8,19H,4H2,1-3H3,(H,20,22)(H,21,23). The largest absolute Gasteiger partial charge is 0.462 e. The summed E-state index contributed by atoms with van der Waals surface area (Å²) in [6.45, 7) is 5.27. The molecule has 1 aromatic heterocycles. The van der Waals surface area contributed by atoms with Crippen molar-refractivity contribution in [2.24, 2.45) is 0 Å². The van der Waals surface area contributed by atoms with Crippen molar-refractivity contribution in [2.45, 2.75) is 20.8 Å². The zero-order valence-electron chi connectivity index (χ0n) is 14.0. The predicted molar refractivity (Wildman–Crippen MR) is 95.3 cm³/mol. The van der Waals surface area contributed by atoms with Crippen molar-refractivity contribution in [2.75, 3.05) is 6.61 Å². The number of ether oxygens (including phenoxy) is 1. The molecule has 2 rings (SSSR count). The van der Waals surface area contributed by atoms with Gasteiger partial charge in [-0.3, -0.25) is 20.4 Å². The van der Waals surface area contributed by atoms with Crippen LogP contribution in [0.3, 0.4) is 0 Å². The summed E-state index contributed by atoms with van der Waals surface area (Å²) in [5, 5.41) is 0. The molecule has 0 radical (unpaired) electrons. The van der Waals surface area contributed by atoms with Gasteiger partial charge in [0.2, 0.25) is 0 Å². The minimum atomic E-state index is -0.556. The zero-order chi connectivity index (χ0) is 18.6. The van der Waals surface area contributed by atoms with E-state index in [1.54, 1.807) is 45.0 Å². The molecule has 0 aliphatic rings. The summed E-state index contributed by atoms with van der Waals surface area (Å²) in [6.07, 6.45) is 0. The van der Waals surface area contributed by atoms with E-state index in [9.17, 15) is 14.4 Å². The van der Waals surface area contributed by atoms with Gasteiger partial charge in [0.15, 0.2) is 0 Å². The smallest absolute Gasteiger partial charge is 0.340 e. The van der Waals surface area contributed by atoms with Gasteiger partial charge >= 0.3 is 5.97 Å². The highest BCUT2D eigenvalue weighted by atomic mass is 79.9. The molecule has 2 aromatic rings. The first-order chi connectivity index (χ1) is 11.8. The number of aromatic nitrogens is 1. The number of hydrazine groups is 1. The van der Waals surface area contributed by atoms with Gasteiger partial charge in [0.1, 0.15) is 5.69 Å². The Morgan fingerprint density at radius 1 is 1.16 bits per heavy atom. The Morgan fingerprint density at radius 3 is 2.48 bits per heavy atom. The maximum absolute atomic E-state index is 12.3. The third kappa shape index (κ3) is 4.27. The van der Waals surface area contributed by atoms with Crippen LogP contribution in [0.2, 0.25) is 0 Å². The van der Waals surface area contributed by atoms with Gasteiger partial charge in [-0.15, -0.1) is 0 Å². The number of hydrogen-bond donors (Lipinski definition) is 3. The number of hydrogen-bond acceptors (Lipinski definition) is 4. The van der Waals surface area contributed by atoms with Crippen molar-refractivity contribution >= 4 is 33.7 Å². The number of carbonyl (C=O) groups is 3. The Labute approximate surface area is 153 Å². The van der Waals surface area contributed by atoms with Crippen LogP contribution in [-0.4, -0.2) is 29.4 Å². The first-order valence-corrected chi connectivity index (χ1v) is 8.37. The van der Waals surface area contributed by atoms with E-state index in [0.29, 0.717) is 22.4 Å². The van der Waals surface area contributed by atoms with Crippen LogP contribution in [0.1, 0.15) is 49.4 Å². The summed E-state index contributed by atoms with van der Waals surface area (Å²) in [4.78, 5) is 39.2. The molecular weight excluding hydrogens is 390 g/mol. The van der Waals surface area contributed by atoms with Crippen molar-refractivity contribution in [3.8, 4) is 0 Å². The quantitative estimate of drug-likeness (QED) is 0.535. The van der Waals surface area contributed by atoms with E-state index in [-0.39, 0.29) is 12.3 Å². The second-order valence-corrected chi connectivity index (χ2v) is 6.18. The highest BCUT2D eigenvalue weighted by Gasteiger charge is 2.23. The molecule has 0 saturated carbocycles. The number of aryl methyl sites for hydroxylation is 1. The molecule has 7 nitrogen and oxygen atoms in total.